The van der Waals surface area contributed by atoms with Gasteiger partial charge in [0.1, 0.15) is 0 Å². The van der Waals surface area contributed by atoms with E-state index in [9.17, 15) is 4.79 Å². The van der Waals surface area contributed by atoms with E-state index in [1.807, 2.05) is 19.2 Å². The van der Waals surface area contributed by atoms with E-state index in [1.54, 1.807) is 0 Å². The lowest BCUT2D eigenvalue weighted by Gasteiger charge is -2.23. The maximum absolute atomic E-state index is 11.2. The van der Waals surface area contributed by atoms with Gasteiger partial charge in [0.05, 0.1) is 12.1 Å². The molecule has 0 radical (unpaired) electrons. The number of aliphatic imine (C=N–C) groups is 1. The number of primary amides is 1. The molecule has 108 valence electrons. The highest BCUT2D eigenvalue weighted by Gasteiger charge is 2.23. The number of amides is 1. The molecule has 1 aromatic heterocycles. The molecular weight excluding hydrogens is 268 g/mol. The van der Waals surface area contributed by atoms with E-state index in [0.29, 0.717) is 0 Å². The summed E-state index contributed by atoms with van der Waals surface area (Å²) in [6, 6.07) is 0.0681. The van der Waals surface area contributed by atoms with Crippen LogP contribution in [0.3, 0.4) is 0 Å². The lowest BCUT2D eigenvalue weighted by molar-refractivity contribution is 0.0996. The third kappa shape index (κ3) is 2.26. The van der Waals surface area contributed by atoms with Gasteiger partial charge in [0, 0.05) is 6.21 Å². The van der Waals surface area contributed by atoms with Gasteiger partial charge in [0.2, 0.25) is 0 Å². The number of allylic oxidation sites excluding steroid dienone is 3. The van der Waals surface area contributed by atoms with Crippen LogP contribution in [0.4, 0.5) is 5.82 Å². The van der Waals surface area contributed by atoms with Crippen molar-refractivity contribution in [1.29, 1.82) is 0 Å². The summed E-state index contributed by atoms with van der Waals surface area (Å²) in [7, 11) is 0. The second-order valence-electron chi connectivity index (χ2n) is 5.07. The van der Waals surface area contributed by atoms with Crippen LogP contribution in [0, 0.1) is 0 Å². The minimum Gasteiger partial charge on any atom is -0.382 e. The summed E-state index contributed by atoms with van der Waals surface area (Å²) in [6.07, 6.45) is 10.8. The molecule has 1 aliphatic heterocycles. The highest BCUT2D eigenvalue weighted by atomic mass is 16.1. The van der Waals surface area contributed by atoms with Crippen LogP contribution in [0.5, 0.6) is 0 Å². The van der Waals surface area contributed by atoms with Gasteiger partial charge in [-0.1, -0.05) is 23.4 Å². The Morgan fingerprint density at radius 2 is 2.33 bits per heavy atom. The van der Waals surface area contributed by atoms with Crippen molar-refractivity contribution in [3.05, 3.63) is 41.1 Å². The first-order valence-electron chi connectivity index (χ1n) is 6.70. The zero-order valence-electron chi connectivity index (χ0n) is 11.6. The maximum atomic E-state index is 11.2. The topological polar surface area (TPSA) is 112 Å². The van der Waals surface area contributed by atoms with Crippen molar-refractivity contribution >= 4 is 17.9 Å². The zero-order valence-corrected chi connectivity index (χ0v) is 11.6. The molecular formula is C14H16N6O. The van der Waals surface area contributed by atoms with Crippen molar-refractivity contribution in [1.82, 2.24) is 15.0 Å². The fraction of sp³-hybridized carbons (Fsp3) is 0.286. The van der Waals surface area contributed by atoms with Crippen molar-refractivity contribution < 1.29 is 4.79 Å². The summed E-state index contributed by atoms with van der Waals surface area (Å²) in [5.41, 5.74) is 13.3. The quantitative estimate of drug-likeness (QED) is 0.854. The first-order valence-corrected chi connectivity index (χ1v) is 6.70. The number of fused-ring (bicyclic) bond motifs is 1. The highest BCUT2D eigenvalue weighted by Crippen LogP contribution is 2.30. The lowest BCUT2D eigenvalue weighted by atomic mass is 9.90. The molecule has 2 aliphatic rings. The van der Waals surface area contributed by atoms with Gasteiger partial charge in [-0.15, -0.1) is 5.10 Å². The number of rotatable bonds is 3. The molecule has 0 saturated carbocycles. The van der Waals surface area contributed by atoms with E-state index >= 15 is 0 Å². The highest BCUT2D eigenvalue weighted by molar-refractivity contribution is 5.94. The van der Waals surface area contributed by atoms with Gasteiger partial charge in [0.15, 0.2) is 11.5 Å². The van der Waals surface area contributed by atoms with E-state index in [-0.39, 0.29) is 23.6 Å². The molecule has 3 rings (SSSR count). The molecule has 7 nitrogen and oxygen atoms in total. The molecule has 0 aromatic carbocycles. The molecule has 1 aliphatic carbocycles. The average molecular weight is 284 g/mol. The second-order valence-corrected chi connectivity index (χ2v) is 5.07. The monoisotopic (exact) mass is 284 g/mol. The van der Waals surface area contributed by atoms with E-state index < -0.39 is 5.91 Å². The van der Waals surface area contributed by atoms with E-state index in [0.717, 1.165) is 17.6 Å². The zero-order chi connectivity index (χ0) is 15.0. The molecule has 7 heteroatoms. The van der Waals surface area contributed by atoms with E-state index in [1.165, 1.54) is 4.68 Å². The van der Waals surface area contributed by atoms with Crippen LogP contribution in [0.2, 0.25) is 0 Å². The van der Waals surface area contributed by atoms with Crippen LogP contribution in [-0.2, 0) is 0 Å². The van der Waals surface area contributed by atoms with Gasteiger partial charge in [-0.05, 0) is 30.6 Å². The number of anilines is 1. The molecule has 0 bridgehead atoms. The average Bonchev–Trinajstić information content (AvgIpc) is 2.88. The predicted octanol–water partition coefficient (Wildman–Crippen LogP) is 0.786. The standard InChI is InChI=1S/C14H16N6O/c1-8(20-13(15)12(14(16)21)18-19-20)9-4-5-11-10(7-9)3-2-6-17-11/h2-4,6-8,11H,5,15H2,1H3,(H2,16,21). The molecule has 0 spiro atoms. The van der Waals surface area contributed by atoms with Crippen molar-refractivity contribution in [3.63, 3.8) is 0 Å². The van der Waals surface area contributed by atoms with Crippen molar-refractivity contribution in [2.45, 2.75) is 25.4 Å². The van der Waals surface area contributed by atoms with Crippen LogP contribution in [0.15, 0.2) is 40.4 Å². The molecule has 0 saturated heterocycles. The van der Waals surface area contributed by atoms with Gasteiger partial charge in [-0.3, -0.25) is 9.79 Å². The third-order valence-electron chi connectivity index (χ3n) is 3.75. The van der Waals surface area contributed by atoms with Crippen LogP contribution in [0.1, 0.15) is 29.9 Å². The first-order chi connectivity index (χ1) is 10.1. The van der Waals surface area contributed by atoms with E-state index in [4.69, 9.17) is 11.5 Å². The Morgan fingerprint density at radius 1 is 1.52 bits per heavy atom. The molecule has 4 N–H and O–H groups in total. The minimum atomic E-state index is -0.674. The smallest absolute Gasteiger partial charge is 0.273 e. The molecule has 1 amide bonds. The van der Waals surface area contributed by atoms with Gasteiger partial charge in [-0.25, -0.2) is 4.68 Å². The Balaban J connectivity index is 1.90. The Hall–Kier alpha value is -2.70. The van der Waals surface area contributed by atoms with Crippen LogP contribution in [-0.4, -0.2) is 33.2 Å². The Kier molecular flexibility index (Phi) is 3.17. The second kappa shape index (κ2) is 5.01. The van der Waals surface area contributed by atoms with Crippen molar-refractivity contribution in [2.24, 2.45) is 10.7 Å². The third-order valence-corrected chi connectivity index (χ3v) is 3.75. The summed E-state index contributed by atoms with van der Waals surface area (Å²) in [6.45, 7) is 1.95. The largest absolute Gasteiger partial charge is 0.382 e. The van der Waals surface area contributed by atoms with E-state index in [2.05, 4.69) is 33.5 Å². The summed E-state index contributed by atoms with van der Waals surface area (Å²) in [4.78, 5) is 15.6. The SMILES string of the molecule is CC(C1=CCC2N=CC=CC2=C1)n1nnc(C(N)=O)c1N. The van der Waals surface area contributed by atoms with Gasteiger partial charge < -0.3 is 11.5 Å². The first kappa shape index (κ1) is 13.3. The summed E-state index contributed by atoms with van der Waals surface area (Å²) in [5.74, 6) is -0.486. The Bertz CT molecular complexity index is 709. The van der Waals surface area contributed by atoms with Gasteiger partial charge >= 0.3 is 0 Å². The number of carbonyl (C=O) groups is 1. The van der Waals surface area contributed by atoms with Crippen molar-refractivity contribution in [3.8, 4) is 0 Å². The molecule has 21 heavy (non-hydrogen) atoms. The van der Waals surface area contributed by atoms with Gasteiger partial charge in [-0.2, -0.15) is 0 Å². The number of carbonyl (C=O) groups excluding carboxylic acids is 1. The Morgan fingerprint density at radius 3 is 3.05 bits per heavy atom. The van der Waals surface area contributed by atoms with Crippen LogP contribution >= 0.6 is 0 Å². The Labute approximate surface area is 121 Å². The summed E-state index contributed by atoms with van der Waals surface area (Å²) >= 11 is 0. The number of hydrogen-bond donors (Lipinski definition) is 2. The number of nitrogen functional groups attached to an aromatic ring is 1. The number of aromatic nitrogens is 3. The molecule has 2 atom stereocenters. The van der Waals surface area contributed by atoms with Crippen LogP contribution in [0.25, 0.3) is 0 Å². The maximum Gasteiger partial charge on any atom is 0.273 e. The predicted molar refractivity (Wildman–Crippen MR) is 79.9 cm³/mol. The number of hydrogen-bond acceptors (Lipinski definition) is 5. The normalized spacial score (nSPS) is 21.5. The lowest BCUT2D eigenvalue weighted by Crippen LogP contribution is -2.19. The number of nitrogens with zero attached hydrogens (tertiary/aromatic N) is 4. The number of dihydropyridines is 1. The molecule has 2 unspecified atom stereocenters. The van der Waals surface area contributed by atoms with Gasteiger partial charge in [0.25, 0.3) is 5.91 Å². The minimum absolute atomic E-state index is 0.00551. The number of nitrogens with two attached hydrogens (primary N) is 2. The molecule has 1 aromatic rings. The molecule has 0 fully saturated rings. The summed E-state index contributed by atoms with van der Waals surface area (Å²) < 4.78 is 1.51. The fourth-order valence-electron chi connectivity index (χ4n) is 2.54. The summed E-state index contributed by atoms with van der Waals surface area (Å²) in [5, 5.41) is 7.68. The van der Waals surface area contributed by atoms with Crippen LogP contribution < -0.4 is 11.5 Å². The fourth-order valence-corrected chi connectivity index (χ4v) is 2.54. The molecule has 2 heterocycles. The van der Waals surface area contributed by atoms with Crippen molar-refractivity contribution in [2.75, 3.05) is 5.73 Å².